The van der Waals surface area contributed by atoms with Crippen LogP contribution >= 0.6 is 0 Å². The van der Waals surface area contributed by atoms with Crippen molar-refractivity contribution in [3.8, 4) is 0 Å². The van der Waals surface area contributed by atoms with Gasteiger partial charge in [-0.25, -0.2) is 9.78 Å². The number of carbonyl (C=O) groups excluding carboxylic acids is 4. The number of rotatable bonds is 15. The van der Waals surface area contributed by atoms with Gasteiger partial charge in [0.1, 0.15) is 24.2 Å². The number of imidazole rings is 1. The summed E-state index contributed by atoms with van der Waals surface area (Å²) in [7, 11) is 0. The van der Waals surface area contributed by atoms with Crippen molar-refractivity contribution >= 4 is 40.5 Å². The van der Waals surface area contributed by atoms with Gasteiger partial charge in [-0.2, -0.15) is 0 Å². The minimum atomic E-state index is -1.44. The lowest BCUT2D eigenvalue weighted by atomic mass is 10.0. The number of carbonyl (C=O) groups is 5. The Morgan fingerprint density at radius 3 is 2.20 bits per heavy atom. The van der Waals surface area contributed by atoms with Crippen molar-refractivity contribution in [2.75, 3.05) is 6.61 Å². The molecule has 2 heterocycles. The number of nitrogens with one attached hydrogen (secondary N) is 5. The number of nitrogens with zero attached hydrogens (tertiary/aromatic N) is 1. The number of benzene rings is 1. The number of carboxylic acid groups (broad SMARTS) is 1. The Kier molecular flexibility index (Phi) is 10.3. The SMILES string of the molecule is NC(=O)CCC(NC(=O)C(Cc1cnc[nH]1)NC(=O)C(Cc1c[nH]c2ccccc12)NC(=O)C(N)CO)C(=O)O. The highest BCUT2D eigenvalue weighted by Gasteiger charge is 2.31. The zero-order valence-electron chi connectivity index (χ0n) is 21.4. The van der Waals surface area contributed by atoms with Crippen LogP contribution in [0.15, 0.2) is 43.0 Å². The summed E-state index contributed by atoms with van der Waals surface area (Å²) in [5.41, 5.74) is 12.7. The molecule has 15 heteroatoms. The van der Waals surface area contributed by atoms with Crippen molar-refractivity contribution in [3.05, 3.63) is 54.2 Å². The maximum atomic E-state index is 13.5. The molecule has 4 unspecified atom stereocenters. The number of nitrogens with two attached hydrogens (primary N) is 2. The number of amides is 4. The van der Waals surface area contributed by atoms with Gasteiger partial charge in [0.25, 0.3) is 0 Å². The van der Waals surface area contributed by atoms with Crippen LogP contribution in [0.5, 0.6) is 0 Å². The third-order valence-electron chi connectivity index (χ3n) is 6.17. The molecule has 214 valence electrons. The molecule has 4 amide bonds. The van der Waals surface area contributed by atoms with E-state index in [0.29, 0.717) is 11.3 Å². The first-order valence-electron chi connectivity index (χ1n) is 12.4. The number of aliphatic hydroxyl groups is 1. The van der Waals surface area contributed by atoms with E-state index in [9.17, 15) is 34.2 Å². The lowest BCUT2D eigenvalue weighted by Gasteiger charge is -2.25. The monoisotopic (exact) mass is 556 g/mol. The van der Waals surface area contributed by atoms with Gasteiger partial charge in [-0.1, -0.05) is 18.2 Å². The molecule has 1 aromatic carbocycles. The van der Waals surface area contributed by atoms with Gasteiger partial charge >= 0.3 is 5.97 Å². The van der Waals surface area contributed by atoms with Crippen molar-refractivity contribution in [2.45, 2.75) is 49.9 Å². The van der Waals surface area contributed by atoms with Crippen LogP contribution < -0.4 is 27.4 Å². The van der Waals surface area contributed by atoms with Gasteiger partial charge in [-0.3, -0.25) is 19.2 Å². The van der Waals surface area contributed by atoms with Gasteiger partial charge in [0.05, 0.1) is 12.9 Å². The third-order valence-corrected chi connectivity index (χ3v) is 6.17. The van der Waals surface area contributed by atoms with Crippen LogP contribution in [0.25, 0.3) is 10.9 Å². The lowest BCUT2D eigenvalue weighted by Crippen LogP contribution is -2.58. The zero-order valence-corrected chi connectivity index (χ0v) is 21.4. The third kappa shape index (κ3) is 8.12. The quantitative estimate of drug-likeness (QED) is 0.0982. The standard InChI is InChI=1S/C25H32N8O7/c26-16(11-34)22(36)32-19(7-13-9-29-17-4-2-1-3-15(13)17)23(37)33-20(8-14-10-28-12-30-14)24(38)31-18(25(39)40)5-6-21(27)35/h1-4,9-10,12,16,18-20,29,34H,5-8,11,26H2,(H2,27,35)(H,28,30)(H,31,38)(H,32,36)(H,33,37)(H,39,40). The number of aliphatic hydroxyl groups excluding tert-OH is 1. The highest BCUT2D eigenvalue weighted by atomic mass is 16.4. The molecular formula is C25H32N8O7. The fraction of sp³-hybridized carbons (Fsp3) is 0.360. The predicted octanol–water partition coefficient (Wildman–Crippen LogP) is -2.20. The number of hydrogen-bond donors (Lipinski definition) is 9. The second kappa shape index (κ2) is 13.9. The summed E-state index contributed by atoms with van der Waals surface area (Å²) in [5, 5.41) is 27.0. The Balaban J connectivity index is 1.85. The van der Waals surface area contributed by atoms with E-state index in [1.807, 2.05) is 24.3 Å². The van der Waals surface area contributed by atoms with E-state index in [0.717, 1.165) is 10.9 Å². The van der Waals surface area contributed by atoms with Crippen LogP contribution in [0.1, 0.15) is 24.1 Å². The van der Waals surface area contributed by atoms with E-state index in [-0.39, 0.29) is 25.7 Å². The van der Waals surface area contributed by atoms with Gasteiger partial charge in [-0.05, 0) is 18.1 Å². The molecule has 3 aromatic rings. The van der Waals surface area contributed by atoms with Crippen LogP contribution in [-0.4, -0.2) is 85.5 Å². The van der Waals surface area contributed by atoms with Crippen molar-refractivity contribution in [1.29, 1.82) is 0 Å². The highest BCUT2D eigenvalue weighted by Crippen LogP contribution is 2.19. The van der Waals surface area contributed by atoms with Gasteiger partial charge in [0, 0.05) is 48.3 Å². The van der Waals surface area contributed by atoms with E-state index in [1.54, 1.807) is 6.20 Å². The Morgan fingerprint density at radius 2 is 1.57 bits per heavy atom. The van der Waals surface area contributed by atoms with Gasteiger partial charge in [0.15, 0.2) is 0 Å². The Morgan fingerprint density at radius 1 is 0.925 bits per heavy atom. The minimum Gasteiger partial charge on any atom is -0.480 e. The molecule has 0 aliphatic rings. The minimum absolute atomic E-state index is 0.00843. The van der Waals surface area contributed by atoms with Crippen LogP contribution in [0.3, 0.4) is 0 Å². The van der Waals surface area contributed by atoms with E-state index >= 15 is 0 Å². The fourth-order valence-corrected chi connectivity index (χ4v) is 4.01. The molecular weight excluding hydrogens is 524 g/mol. The molecule has 0 bridgehead atoms. The number of aliphatic carboxylic acids is 1. The second-order valence-electron chi connectivity index (χ2n) is 9.16. The number of carboxylic acids is 1. The molecule has 15 nitrogen and oxygen atoms in total. The largest absolute Gasteiger partial charge is 0.480 e. The number of aromatic nitrogens is 3. The van der Waals surface area contributed by atoms with Gasteiger partial charge in [0.2, 0.25) is 23.6 Å². The number of aromatic amines is 2. The van der Waals surface area contributed by atoms with Gasteiger partial charge in [-0.15, -0.1) is 0 Å². The smallest absolute Gasteiger partial charge is 0.326 e. The van der Waals surface area contributed by atoms with Crippen LogP contribution in [0.4, 0.5) is 0 Å². The van der Waals surface area contributed by atoms with E-state index in [4.69, 9.17) is 11.5 Å². The number of H-pyrrole nitrogens is 2. The van der Waals surface area contributed by atoms with Gasteiger partial charge < -0.3 is 47.6 Å². The first-order valence-corrected chi connectivity index (χ1v) is 12.4. The first kappa shape index (κ1) is 29.8. The molecule has 0 fully saturated rings. The molecule has 0 radical (unpaired) electrons. The number of fused-ring (bicyclic) bond motifs is 1. The molecule has 0 saturated heterocycles. The number of primary amides is 1. The molecule has 0 saturated carbocycles. The summed E-state index contributed by atoms with van der Waals surface area (Å²) in [4.78, 5) is 71.8. The Labute approximate surface area is 228 Å². The van der Waals surface area contributed by atoms with Crippen LogP contribution in [0, 0.1) is 0 Å². The van der Waals surface area contributed by atoms with Crippen LogP contribution in [0.2, 0.25) is 0 Å². The average Bonchev–Trinajstić information content (AvgIpc) is 3.59. The molecule has 0 spiro atoms. The molecule has 0 aliphatic carbocycles. The van der Waals surface area contributed by atoms with E-state index in [1.165, 1.54) is 12.5 Å². The highest BCUT2D eigenvalue weighted by molar-refractivity contribution is 5.95. The molecule has 40 heavy (non-hydrogen) atoms. The van der Waals surface area contributed by atoms with Crippen LogP contribution in [-0.2, 0) is 36.8 Å². The summed E-state index contributed by atoms with van der Waals surface area (Å²) in [5.74, 6) is -4.51. The summed E-state index contributed by atoms with van der Waals surface area (Å²) in [6.07, 6.45) is 3.87. The Bertz CT molecular complexity index is 1340. The summed E-state index contributed by atoms with van der Waals surface area (Å²) in [6.45, 7) is -0.653. The Hall–Kier alpha value is -4.76. The normalized spacial score (nSPS) is 14.1. The van der Waals surface area contributed by atoms with Crippen molar-refractivity contribution in [2.24, 2.45) is 11.5 Å². The molecule has 4 atom stereocenters. The van der Waals surface area contributed by atoms with E-state index < -0.39 is 60.4 Å². The fourth-order valence-electron chi connectivity index (χ4n) is 4.01. The predicted molar refractivity (Wildman–Crippen MR) is 141 cm³/mol. The maximum Gasteiger partial charge on any atom is 0.326 e. The molecule has 3 rings (SSSR count). The topological polar surface area (TPSA) is 258 Å². The number of para-hydroxylation sites is 1. The second-order valence-corrected chi connectivity index (χ2v) is 9.16. The summed E-state index contributed by atoms with van der Waals surface area (Å²) < 4.78 is 0. The molecule has 0 aliphatic heterocycles. The lowest BCUT2D eigenvalue weighted by molar-refractivity contribution is -0.142. The summed E-state index contributed by atoms with van der Waals surface area (Å²) >= 11 is 0. The maximum absolute atomic E-state index is 13.5. The zero-order chi connectivity index (χ0) is 29.2. The van der Waals surface area contributed by atoms with E-state index in [2.05, 4.69) is 30.9 Å². The first-order chi connectivity index (χ1) is 19.1. The van der Waals surface area contributed by atoms with Crippen molar-refractivity contribution < 1.29 is 34.2 Å². The summed E-state index contributed by atoms with van der Waals surface area (Å²) in [6, 6.07) is 2.09. The average molecular weight is 557 g/mol. The molecule has 2 aromatic heterocycles. The number of hydrogen-bond acceptors (Lipinski definition) is 8. The molecule has 11 N–H and O–H groups in total. The van der Waals surface area contributed by atoms with Crippen molar-refractivity contribution in [1.82, 2.24) is 30.9 Å². The van der Waals surface area contributed by atoms with Crippen molar-refractivity contribution in [3.63, 3.8) is 0 Å².